The highest BCUT2D eigenvalue weighted by Crippen LogP contribution is 2.28. The van der Waals surface area contributed by atoms with Gasteiger partial charge in [-0.2, -0.15) is 0 Å². The van der Waals surface area contributed by atoms with E-state index in [1.807, 2.05) is 24.8 Å². The lowest BCUT2D eigenvalue weighted by Gasteiger charge is -2.22. The summed E-state index contributed by atoms with van der Waals surface area (Å²) in [5.41, 5.74) is 1.53. The Hall–Kier alpha value is -2.82. The van der Waals surface area contributed by atoms with Gasteiger partial charge < -0.3 is 14.7 Å². The number of ether oxygens (including phenoxy) is 1. The third kappa shape index (κ3) is 3.88. The van der Waals surface area contributed by atoms with Crippen LogP contribution in [0.4, 0.5) is 10.5 Å². The monoisotopic (exact) mass is 313 g/mol. The smallest absolute Gasteiger partial charge is 0.449 e. The first kappa shape index (κ1) is 16.5. The summed E-state index contributed by atoms with van der Waals surface area (Å²) >= 11 is 0. The van der Waals surface area contributed by atoms with E-state index in [4.69, 9.17) is 9.84 Å². The minimum absolute atomic E-state index is 0.0516. The molecule has 0 atom stereocenters. The largest absolute Gasteiger partial charge is 0.511 e. The van der Waals surface area contributed by atoms with Crippen molar-refractivity contribution in [1.82, 2.24) is 0 Å². The summed E-state index contributed by atoms with van der Waals surface area (Å²) in [7, 11) is 0. The zero-order valence-corrected chi connectivity index (χ0v) is 13.2. The van der Waals surface area contributed by atoms with Crippen molar-refractivity contribution in [2.75, 3.05) is 18.0 Å². The zero-order chi connectivity index (χ0) is 16.8. The molecule has 120 valence electrons. The van der Waals surface area contributed by atoms with Gasteiger partial charge in [-0.3, -0.25) is 4.79 Å². The molecule has 0 unspecified atom stereocenters. The van der Waals surface area contributed by atoms with Gasteiger partial charge in [-0.15, -0.1) is 0 Å². The van der Waals surface area contributed by atoms with Crippen molar-refractivity contribution in [2.24, 2.45) is 0 Å². The van der Waals surface area contributed by atoms with Crippen LogP contribution in [0.25, 0.3) is 0 Å². The normalized spacial score (nSPS) is 10.2. The molecule has 23 heavy (non-hydrogen) atoms. The molecule has 5 nitrogen and oxygen atoms in total. The van der Waals surface area contributed by atoms with Crippen molar-refractivity contribution in [2.45, 2.75) is 13.8 Å². The molecule has 0 amide bonds. The van der Waals surface area contributed by atoms with E-state index in [1.54, 1.807) is 42.5 Å². The topological polar surface area (TPSA) is 66.8 Å². The molecule has 0 radical (unpaired) electrons. The van der Waals surface area contributed by atoms with Crippen LogP contribution in [0, 0.1) is 0 Å². The SMILES string of the molecule is CCN(CC)c1ccc(C(=O)c2ccccc2)c(OC(=O)O)c1. The van der Waals surface area contributed by atoms with Gasteiger partial charge in [0.1, 0.15) is 5.75 Å². The van der Waals surface area contributed by atoms with Crippen LogP contribution in [-0.4, -0.2) is 30.1 Å². The Bertz CT molecular complexity index is 693. The number of nitrogens with zero attached hydrogens (tertiary/aromatic N) is 1. The average molecular weight is 313 g/mol. The fourth-order valence-corrected chi connectivity index (χ4v) is 2.41. The van der Waals surface area contributed by atoms with Crippen LogP contribution in [0.3, 0.4) is 0 Å². The molecule has 2 aromatic rings. The Labute approximate surface area is 135 Å². The molecule has 2 rings (SSSR count). The number of ketones is 1. The second-order valence-electron chi connectivity index (χ2n) is 4.92. The Morgan fingerprint density at radius 2 is 1.70 bits per heavy atom. The fourth-order valence-electron chi connectivity index (χ4n) is 2.41. The van der Waals surface area contributed by atoms with E-state index in [0.717, 1.165) is 18.8 Å². The number of benzene rings is 2. The van der Waals surface area contributed by atoms with Crippen molar-refractivity contribution >= 4 is 17.6 Å². The first-order valence-corrected chi connectivity index (χ1v) is 7.46. The van der Waals surface area contributed by atoms with E-state index in [0.29, 0.717) is 5.56 Å². The number of anilines is 1. The quantitative estimate of drug-likeness (QED) is 0.499. The molecule has 2 aromatic carbocycles. The minimum Gasteiger partial charge on any atom is -0.449 e. The van der Waals surface area contributed by atoms with Crippen molar-refractivity contribution in [1.29, 1.82) is 0 Å². The molecular formula is C18H19NO4. The van der Waals surface area contributed by atoms with Gasteiger partial charge in [0.25, 0.3) is 0 Å². The van der Waals surface area contributed by atoms with Gasteiger partial charge >= 0.3 is 6.16 Å². The molecule has 0 saturated heterocycles. The van der Waals surface area contributed by atoms with E-state index < -0.39 is 6.16 Å². The zero-order valence-electron chi connectivity index (χ0n) is 13.2. The van der Waals surface area contributed by atoms with Crippen LogP contribution < -0.4 is 9.64 Å². The Balaban J connectivity index is 2.46. The van der Waals surface area contributed by atoms with E-state index in [1.165, 1.54) is 0 Å². The molecule has 0 heterocycles. The molecule has 5 heteroatoms. The Morgan fingerprint density at radius 3 is 2.26 bits per heavy atom. The number of carbonyl (C=O) groups excluding carboxylic acids is 1. The summed E-state index contributed by atoms with van der Waals surface area (Å²) in [5, 5.41) is 8.94. The van der Waals surface area contributed by atoms with E-state index >= 15 is 0 Å². The van der Waals surface area contributed by atoms with Gasteiger partial charge in [0.15, 0.2) is 5.78 Å². The average Bonchev–Trinajstić information content (AvgIpc) is 2.56. The first-order valence-electron chi connectivity index (χ1n) is 7.46. The molecule has 0 aromatic heterocycles. The van der Waals surface area contributed by atoms with Crippen molar-refractivity contribution in [3.05, 3.63) is 59.7 Å². The molecule has 1 N–H and O–H groups in total. The first-order chi connectivity index (χ1) is 11.1. The lowest BCUT2D eigenvalue weighted by Crippen LogP contribution is -2.22. The number of hydrogen-bond acceptors (Lipinski definition) is 4. The maximum absolute atomic E-state index is 12.6. The molecule has 0 saturated carbocycles. The number of carboxylic acid groups (broad SMARTS) is 1. The molecule has 0 spiro atoms. The highest BCUT2D eigenvalue weighted by molar-refractivity contribution is 6.11. The van der Waals surface area contributed by atoms with Crippen LogP contribution >= 0.6 is 0 Å². The minimum atomic E-state index is -1.44. The van der Waals surface area contributed by atoms with Gasteiger partial charge in [0.05, 0.1) is 5.56 Å². The van der Waals surface area contributed by atoms with Crippen molar-refractivity contribution in [3.63, 3.8) is 0 Å². The molecule has 0 fully saturated rings. The fraction of sp³-hybridized carbons (Fsp3) is 0.222. The maximum atomic E-state index is 12.6. The molecule has 0 aliphatic heterocycles. The predicted octanol–water partition coefficient (Wildman–Crippen LogP) is 3.82. The number of carbonyl (C=O) groups is 2. The van der Waals surface area contributed by atoms with Gasteiger partial charge in [-0.1, -0.05) is 30.3 Å². The van der Waals surface area contributed by atoms with Gasteiger partial charge in [0, 0.05) is 30.4 Å². The third-order valence-corrected chi connectivity index (χ3v) is 3.57. The van der Waals surface area contributed by atoms with Crippen LogP contribution in [-0.2, 0) is 0 Å². The summed E-state index contributed by atoms with van der Waals surface area (Å²) in [6, 6.07) is 13.7. The van der Waals surface area contributed by atoms with Crippen molar-refractivity contribution in [3.8, 4) is 5.75 Å². The van der Waals surface area contributed by atoms with E-state index in [-0.39, 0.29) is 17.1 Å². The maximum Gasteiger partial charge on any atom is 0.511 e. The third-order valence-electron chi connectivity index (χ3n) is 3.57. The van der Waals surface area contributed by atoms with Crippen molar-refractivity contribution < 1.29 is 19.4 Å². The van der Waals surface area contributed by atoms with Crippen LogP contribution in [0.1, 0.15) is 29.8 Å². The second kappa shape index (κ2) is 7.45. The summed E-state index contributed by atoms with van der Waals surface area (Å²) in [4.78, 5) is 25.6. The molecule has 0 bridgehead atoms. The van der Waals surface area contributed by atoms with E-state index in [9.17, 15) is 9.59 Å². The standard InChI is InChI=1S/C18H19NO4/c1-3-19(4-2)14-10-11-15(16(12-14)23-18(21)22)17(20)13-8-6-5-7-9-13/h5-12H,3-4H2,1-2H3,(H,21,22). The molecule has 0 aliphatic rings. The van der Waals surface area contributed by atoms with E-state index in [2.05, 4.69) is 0 Å². The second-order valence-corrected chi connectivity index (χ2v) is 4.92. The summed E-state index contributed by atoms with van der Waals surface area (Å²) in [5.74, 6) is -0.219. The summed E-state index contributed by atoms with van der Waals surface area (Å²) in [6.45, 7) is 5.55. The number of rotatable bonds is 6. The molecule has 0 aliphatic carbocycles. The Morgan fingerprint density at radius 1 is 1.04 bits per heavy atom. The van der Waals surface area contributed by atoms with Gasteiger partial charge in [-0.05, 0) is 26.0 Å². The van der Waals surface area contributed by atoms with Crippen LogP contribution in [0.2, 0.25) is 0 Å². The summed E-state index contributed by atoms with van der Waals surface area (Å²) in [6.07, 6.45) is -1.44. The highest BCUT2D eigenvalue weighted by atomic mass is 16.7. The lowest BCUT2D eigenvalue weighted by atomic mass is 10.0. The predicted molar refractivity (Wildman–Crippen MR) is 88.5 cm³/mol. The van der Waals surface area contributed by atoms with Crippen LogP contribution in [0.15, 0.2) is 48.5 Å². The highest BCUT2D eigenvalue weighted by Gasteiger charge is 2.18. The lowest BCUT2D eigenvalue weighted by molar-refractivity contribution is 0.103. The Kier molecular flexibility index (Phi) is 5.36. The number of hydrogen-bond donors (Lipinski definition) is 1. The molecular weight excluding hydrogens is 294 g/mol. The van der Waals surface area contributed by atoms with Gasteiger partial charge in [0.2, 0.25) is 0 Å². The van der Waals surface area contributed by atoms with Gasteiger partial charge in [-0.25, -0.2) is 4.79 Å². The summed E-state index contributed by atoms with van der Waals surface area (Å²) < 4.78 is 4.84. The van der Waals surface area contributed by atoms with Crippen LogP contribution in [0.5, 0.6) is 5.75 Å².